The van der Waals surface area contributed by atoms with Crippen LogP contribution in [0.4, 0.5) is 0 Å². The van der Waals surface area contributed by atoms with Crippen molar-refractivity contribution in [2.45, 2.75) is 0 Å². The Hall–Kier alpha value is -7.17. The highest BCUT2D eigenvalue weighted by atomic mass is 16.3. The lowest BCUT2D eigenvalue weighted by molar-refractivity contribution is 0.669. The molecule has 0 bridgehead atoms. The maximum absolute atomic E-state index is 6.33. The molecular weight excluding hydrogens is 647 g/mol. The lowest BCUT2D eigenvalue weighted by Crippen LogP contribution is -2.01. The van der Waals surface area contributed by atoms with Crippen LogP contribution < -0.4 is 0 Å². The second-order valence-electron chi connectivity index (χ2n) is 13.5. The fraction of sp³-hybridized carbons (Fsp3) is 0. The normalized spacial score (nSPS) is 11.8. The van der Waals surface area contributed by atoms with Gasteiger partial charge in [-0.3, -0.25) is 0 Å². The van der Waals surface area contributed by atoms with E-state index in [1.165, 1.54) is 26.9 Å². The fourth-order valence-electron chi connectivity index (χ4n) is 8.05. The van der Waals surface area contributed by atoms with Crippen molar-refractivity contribution in [1.29, 1.82) is 0 Å². The molecule has 11 aromatic rings. The molecule has 2 aromatic heterocycles. The summed E-state index contributed by atoms with van der Waals surface area (Å²) < 4.78 is 6.33. The maximum Gasteiger partial charge on any atom is 0.164 e. The van der Waals surface area contributed by atoms with Gasteiger partial charge in [-0.05, 0) is 84.5 Å². The van der Waals surface area contributed by atoms with Crippen LogP contribution in [0, 0.1) is 0 Å². The molecule has 4 heteroatoms. The topological polar surface area (TPSA) is 51.8 Å². The first-order valence-corrected chi connectivity index (χ1v) is 17.9. The van der Waals surface area contributed by atoms with Crippen LogP contribution in [0.2, 0.25) is 0 Å². The van der Waals surface area contributed by atoms with E-state index in [-0.39, 0.29) is 0 Å². The molecule has 2 heterocycles. The van der Waals surface area contributed by atoms with Crippen molar-refractivity contribution in [2.24, 2.45) is 0 Å². The van der Waals surface area contributed by atoms with Crippen LogP contribution in [0.1, 0.15) is 0 Å². The van der Waals surface area contributed by atoms with Crippen LogP contribution in [0.3, 0.4) is 0 Å². The van der Waals surface area contributed by atoms with Gasteiger partial charge < -0.3 is 4.42 Å². The Morgan fingerprint density at radius 3 is 1.77 bits per heavy atom. The maximum atomic E-state index is 6.33. The first-order chi connectivity index (χ1) is 26.3. The van der Waals surface area contributed by atoms with Gasteiger partial charge in [-0.25, -0.2) is 15.0 Å². The van der Waals surface area contributed by atoms with Gasteiger partial charge in [-0.15, -0.1) is 0 Å². The van der Waals surface area contributed by atoms with Gasteiger partial charge in [0.05, 0.1) is 0 Å². The Balaban J connectivity index is 1.21. The van der Waals surface area contributed by atoms with Crippen LogP contribution in [-0.2, 0) is 0 Å². The summed E-state index contributed by atoms with van der Waals surface area (Å²) in [4.78, 5) is 15.7. The van der Waals surface area contributed by atoms with E-state index in [4.69, 9.17) is 19.4 Å². The Morgan fingerprint density at radius 2 is 0.925 bits per heavy atom. The van der Waals surface area contributed by atoms with Crippen molar-refractivity contribution in [2.75, 3.05) is 0 Å². The molecule has 0 fully saturated rings. The zero-order valence-electron chi connectivity index (χ0n) is 28.5. The average Bonchev–Trinajstić information content (AvgIpc) is 3.62. The van der Waals surface area contributed by atoms with Crippen molar-refractivity contribution in [3.63, 3.8) is 0 Å². The van der Waals surface area contributed by atoms with E-state index in [2.05, 4.69) is 140 Å². The van der Waals surface area contributed by atoms with Gasteiger partial charge in [-0.2, -0.15) is 0 Å². The minimum Gasteiger partial charge on any atom is -0.456 e. The molecule has 246 valence electrons. The number of fused-ring (bicyclic) bond motifs is 9. The van der Waals surface area contributed by atoms with Crippen molar-refractivity contribution in [3.05, 3.63) is 176 Å². The number of hydrogen-bond acceptors (Lipinski definition) is 4. The largest absolute Gasteiger partial charge is 0.456 e. The van der Waals surface area contributed by atoms with E-state index in [0.717, 1.165) is 65.9 Å². The predicted octanol–water partition coefficient (Wildman–Crippen LogP) is 13.1. The number of aromatic nitrogens is 3. The van der Waals surface area contributed by atoms with Crippen molar-refractivity contribution in [3.8, 4) is 45.3 Å². The van der Waals surface area contributed by atoms with Crippen LogP contribution in [0.15, 0.2) is 180 Å². The zero-order chi connectivity index (χ0) is 34.9. The quantitative estimate of drug-likeness (QED) is 0.174. The molecule has 53 heavy (non-hydrogen) atoms. The first kappa shape index (κ1) is 29.5. The minimum absolute atomic E-state index is 0.618. The summed E-state index contributed by atoms with van der Waals surface area (Å²) in [5.74, 6) is 1.88. The third kappa shape index (κ3) is 4.73. The molecule has 0 saturated carbocycles. The van der Waals surface area contributed by atoms with Gasteiger partial charge in [0, 0.05) is 27.5 Å². The second kappa shape index (κ2) is 11.7. The molecule has 0 aliphatic heterocycles. The van der Waals surface area contributed by atoms with Gasteiger partial charge in [0.15, 0.2) is 17.5 Å². The molecule has 4 nitrogen and oxygen atoms in total. The fourth-order valence-corrected chi connectivity index (χ4v) is 8.05. The molecule has 0 aliphatic carbocycles. The van der Waals surface area contributed by atoms with Crippen molar-refractivity contribution >= 4 is 65.0 Å². The van der Waals surface area contributed by atoms with Crippen molar-refractivity contribution in [1.82, 2.24) is 15.0 Å². The number of benzene rings is 9. The minimum atomic E-state index is 0.618. The van der Waals surface area contributed by atoms with Crippen molar-refractivity contribution < 1.29 is 4.42 Å². The highest BCUT2D eigenvalue weighted by Crippen LogP contribution is 2.42. The number of hydrogen-bond donors (Lipinski definition) is 0. The standard InChI is InChI=1S/C49H29N3O/c1-2-14-31(15-3-1)47-50-48(52-49(51-47)43-29-42-34-17-6-4-13-30(34)25-26-38(42)36-19-8-9-20-37(36)43)33-27-32-16-5-7-18-35(32)41(28-33)39-22-12-24-45-46(39)40-21-10-11-23-44(40)53-45/h1-29H. The van der Waals surface area contributed by atoms with E-state index in [0.29, 0.717) is 17.5 Å². The van der Waals surface area contributed by atoms with Gasteiger partial charge in [0.2, 0.25) is 0 Å². The summed E-state index contributed by atoms with van der Waals surface area (Å²) in [5.41, 5.74) is 6.77. The van der Waals surface area contributed by atoms with E-state index in [1.54, 1.807) is 0 Å². The molecule has 0 N–H and O–H groups in total. The molecule has 0 spiro atoms. The van der Waals surface area contributed by atoms with E-state index < -0.39 is 0 Å². The third-order valence-corrected chi connectivity index (χ3v) is 10.5. The molecule has 0 unspecified atom stereocenters. The summed E-state index contributed by atoms with van der Waals surface area (Å²) in [6.07, 6.45) is 0. The van der Waals surface area contributed by atoms with Crippen LogP contribution in [-0.4, -0.2) is 15.0 Å². The summed E-state index contributed by atoms with van der Waals surface area (Å²) in [6.45, 7) is 0. The molecule has 11 rings (SSSR count). The van der Waals surface area contributed by atoms with Gasteiger partial charge in [0.1, 0.15) is 11.2 Å². The number of rotatable bonds is 4. The van der Waals surface area contributed by atoms with Gasteiger partial charge in [-0.1, -0.05) is 146 Å². The monoisotopic (exact) mass is 675 g/mol. The SMILES string of the molecule is c1ccc(-c2nc(-c3cc(-c4cccc5oc6ccccc6c45)c4ccccc4c3)nc(-c3cc4c5ccccc5ccc4c4ccccc34)n2)cc1. The molecule has 0 amide bonds. The molecule has 0 saturated heterocycles. The molecular formula is C49H29N3O. The van der Waals surface area contributed by atoms with Crippen LogP contribution in [0.25, 0.3) is 110 Å². The lowest BCUT2D eigenvalue weighted by Gasteiger charge is -2.15. The smallest absolute Gasteiger partial charge is 0.164 e. The van der Waals surface area contributed by atoms with Crippen LogP contribution in [0.5, 0.6) is 0 Å². The Labute approximate surface area is 304 Å². The number of nitrogens with zero attached hydrogens (tertiary/aromatic N) is 3. The average molecular weight is 676 g/mol. The summed E-state index contributed by atoms with van der Waals surface area (Å²) in [7, 11) is 0. The molecule has 0 atom stereocenters. The first-order valence-electron chi connectivity index (χ1n) is 17.9. The Kier molecular flexibility index (Phi) is 6.52. The summed E-state index contributed by atoms with van der Waals surface area (Å²) >= 11 is 0. The van der Waals surface area contributed by atoms with Gasteiger partial charge in [0.25, 0.3) is 0 Å². The van der Waals surface area contributed by atoms with E-state index >= 15 is 0 Å². The highest BCUT2D eigenvalue weighted by Gasteiger charge is 2.20. The molecule has 9 aromatic carbocycles. The Morgan fingerprint density at radius 1 is 0.302 bits per heavy atom. The molecule has 0 aliphatic rings. The number of para-hydroxylation sites is 1. The Bertz CT molecular complexity index is 3240. The zero-order valence-corrected chi connectivity index (χ0v) is 28.5. The predicted molar refractivity (Wildman–Crippen MR) is 219 cm³/mol. The van der Waals surface area contributed by atoms with Crippen LogP contribution >= 0.6 is 0 Å². The van der Waals surface area contributed by atoms with E-state index in [1.807, 2.05) is 36.4 Å². The lowest BCUT2D eigenvalue weighted by atomic mass is 9.92. The molecule has 0 radical (unpaired) electrons. The van der Waals surface area contributed by atoms with E-state index in [9.17, 15) is 0 Å². The summed E-state index contributed by atoms with van der Waals surface area (Å²) in [5, 5.41) is 11.5. The number of furan rings is 1. The second-order valence-corrected chi connectivity index (χ2v) is 13.5. The summed E-state index contributed by atoms with van der Waals surface area (Å²) in [6, 6.07) is 61.6. The third-order valence-electron chi connectivity index (χ3n) is 10.5. The van der Waals surface area contributed by atoms with Gasteiger partial charge >= 0.3 is 0 Å². The highest BCUT2D eigenvalue weighted by molar-refractivity contribution is 6.21.